The maximum Gasteiger partial charge on any atom is 0.247 e. The van der Waals surface area contributed by atoms with Gasteiger partial charge in [-0.25, -0.2) is 4.39 Å². The van der Waals surface area contributed by atoms with E-state index in [-0.39, 0.29) is 5.82 Å². The zero-order valence-corrected chi connectivity index (χ0v) is 15.7. The van der Waals surface area contributed by atoms with Gasteiger partial charge in [0.25, 0.3) is 0 Å². The Morgan fingerprint density at radius 1 is 0.893 bits per heavy atom. The van der Waals surface area contributed by atoms with E-state index in [1.165, 1.54) is 17.7 Å². The molecule has 1 aromatic heterocycles. The fourth-order valence-corrected chi connectivity index (χ4v) is 3.12. The number of benzene rings is 3. The lowest BCUT2D eigenvalue weighted by Gasteiger charge is -2.19. The summed E-state index contributed by atoms with van der Waals surface area (Å²) in [5.41, 5.74) is 4.94. The van der Waals surface area contributed by atoms with Gasteiger partial charge in [-0.05, 0) is 55.3 Å². The molecule has 0 aliphatic carbocycles. The van der Waals surface area contributed by atoms with Crippen LogP contribution in [0.1, 0.15) is 28.6 Å². The van der Waals surface area contributed by atoms with Gasteiger partial charge in [0.1, 0.15) is 11.9 Å². The molecule has 0 spiro atoms. The highest BCUT2D eigenvalue weighted by molar-refractivity contribution is 5.55. The molecule has 4 rings (SSSR count). The van der Waals surface area contributed by atoms with Crippen LogP contribution in [0.15, 0.2) is 77.2 Å². The number of anilines is 1. The molecule has 1 atom stereocenters. The zero-order valence-electron chi connectivity index (χ0n) is 15.7. The van der Waals surface area contributed by atoms with Crippen LogP contribution < -0.4 is 5.32 Å². The van der Waals surface area contributed by atoms with Gasteiger partial charge in [0, 0.05) is 11.3 Å². The maximum atomic E-state index is 13.4. The van der Waals surface area contributed by atoms with E-state index in [1.54, 1.807) is 12.1 Å². The Balaban J connectivity index is 1.73. The van der Waals surface area contributed by atoms with Crippen molar-refractivity contribution < 1.29 is 8.81 Å². The third kappa shape index (κ3) is 3.78. The molecular weight excluding hydrogens is 353 g/mol. The average Bonchev–Trinajstić information content (AvgIpc) is 3.19. The number of halogens is 1. The second-order valence-corrected chi connectivity index (χ2v) is 6.76. The molecule has 1 N–H and O–H groups in total. The lowest BCUT2D eigenvalue weighted by molar-refractivity contribution is 0.493. The monoisotopic (exact) mass is 373 g/mol. The highest BCUT2D eigenvalue weighted by atomic mass is 19.1. The first-order valence-corrected chi connectivity index (χ1v) is 9.08. The standard InChI is InChI=1S/C23H20FN3O/c1-15-8-13-20(16(2)14-15)25-21(17-9-11-19(24)12-10-17)23-27-26-22(28-23)18-6-4-3-5-7-18/h3-14,21,25H,1-2H3/t21-/m1/s1. The summed E-state index contributed by atoms with van der Waals surface area (Å²) in [5.74, 6) is 0.583. The summed E-state index contributed by atoms with van der Waals surface area (Å²) in [6, 6.07) is 21.7. The second kappa shape index (κ2) is 7.64. The predicted molar refractivity (Wildman–Crippen MR) is 108 cm³/mol. The summed E-state index contributed by atoms with van der Waals surface area (Å²) in [7, 11) is 0. The van der Waals surface area contributed by atoms with Gasteiger partial charge < -0.3 is 9.73 Å². The van der Waals surface area contributed by atoms with Crippen LogP contribution in [0, 0.1) is 19.7 Å². The number of aromatic nitrogens is 2. The third-order valence-electron chi connectivity index (χ3n) is 4.59. The van der Waals surface area contributed by atoms with Crippen LogP contribution in [0.4, 0.5) is 10.1 Å². The van der Waals surface area contributed by atoms with Crippen LogP contribution in [0.3, 0.4) is 0 Å². The molecule has 0 aliphatic rings. The molecule has 0 amide bonds. The fourth-order valence-electron chi connectivity index (χ4n) is 3.12. The van der Waals surface area contributed by atoms with E-state index in [2.05, 4.69) is 28.5 Å². The number of nitrogens with one attached hydrogen (secondary N) is 1. The van der Waals surface area contributed by atoms with Crippen molar-refractivity contribution in [3.05, 3.63) is 101 Å². The van der Waals surface area contributed by atoms with Crippen molar-refractivity contribution in [1.29, 1.82) is 0 Å². The minimum absolute atomic E-state index is 0.287. The number of aryl methyl sites for hydroxylation is 2. The molecule has 0 saturated carbocycles. The minimum atomic E-state index is -0.396. The fraction of sp³-hybridized carbons (Fsp3) is 0.130. The smallest absolute Gasteiger partial charge is 0.247 e. The van der Waals surface area contributed by atoms with Crippen LogP contribution in [0.2, 0.25) is 0 Å². The van der Waals surface area contributed by atoms with Gasteiger partial charge in [-0.2, -0.15) is 0 Å². The van der Waals surface area contributed by atoms with Gasteiger partial charge in [0.2, 0.25) is 11.8 Å². The Morgan fingerprint density at radius 3 is 2.36 bits per heavy atom. The summed E-state index contributed by atoms with van der Waals surface area (Å²) >= 11 is 0. The lowest BCUT2D eigenvalue weighted by Crippen LogP contribution is -2.13. The second-order valence-electron chi connectivity index (χ2n) is 6.76. The molecule has 4 aromatic rings. The molecule has 28 heavy (non-hydrogen) atoms. The quantitative estimate of drug-likeness (QED) is 0.488. The number of nitrogens with zero attached hydrogens (tertiary/aromatic N) is 2. The highest BCUT2D eigenvalue weighted by Crippen LogP contribution is 2.30. The molecule has 3 aromatic carbocycles. The topological polar surface area (TPSA) is 51.0 Å². The number of hydrogen-bond donors (Lipinski definition) is 1. The number of hydrogen-bond acceptors (Lipinski definition) is 4. The largest absolute Gasteiger partial charge is 0.418 e. The normalized spacial score (nSPS) is 12.0. The molecular formula is C23H20FN3O. The van der Waals surface area contributed by atoms with Crippen LogP contribution in [0.5, 0.6) is 0 Å². The van der Waals surface area contributed by atoms with Gasteiger partial charge in [0.15, 0.2) is 0 Å². The summed E-state index contributed by atoms with van der Waals surface area (Å²) < 4.78 is 19.4. The summed E-state index contributed by atoms with van der Waals surface area (Å²) in [4.78, 5) is 0. The van der Waals surface area contributed by atoms with E-state index in [0.717, 1.165) is 22.4 Å². The van der Waals surface area contributed by atoms with E-state index in [4.69, 9.17) is 4.42 Å². The zero-order chi connectivity index (χ0) is 19.5. The molecule has 0 fully saturated rings. The molecule has 4 nitrogen and oxygen atoms in total. The third-order valence-corrected chi connectivity index (χ3v) is 4.59. The van der Waals surface area contributed by atoms with Gasteiger partial charge in [-0.1, -0.05) is 48.0 Å². The van der Waals surface area contributed by atoms with Crippen molar-refractivity contribution >= 4 is 5.69 Å². The Bertz CT molecular complexity index is 1070. The van der Waals surface area contributed by atoms with Gasteiger partial charge >= 0.3 is 0 Å². The van der Waals surface area contributed by atoms with E-state index < -0.39 is 6.04 Å². The summed E-state index contributed by atoms with van der Waals surface area (Å²) in [6.45, 7) is 4.10. The van der Waals surface area contributed by atoms with Gasteiger partial charge in [-0.15, -0.1) is 10.2 Å². The Hall–Kier alpha value is -3.47. The molecule has 0 unspecified atom stereocenters. The van der Waals surface area contributed by atoms with E-state index in [9.17, 15) is 4.39 Å². The number of rotatable bonds is 5. The van der Waals surface area contributed by atoms with Crippen molar-refractivity contribution in [2.24, 2.45) is 0 Å². The van der Waals surface area contributed by atoms with Gasteiger partial charge in [-0.3, -0.25) is 0 Å². The maximum absolute atomic E-state index is 13.4. The van der Waals surface area contributed by atoms with Crippen LogP contribution >= 0.6 is 0 Å². The molecule has 140 valence electrons. The predicted octanol–water partition coefficient (Wildman–Crippen LogP) is 5.69. The van der Waals surface area contributed by atoms with E-state index in [0.29, 0.717) is 11.8 Å². The molecule has 0 radical (unpaired) electrons. The summed E-state index contributed by atoms with van der Waals surface area (Å²) in [5, 5.41) is 11.9. The molecule has 5 heteroatoms. The minimum Gasteiger partial charge on any atom is -0.418 e. The first-order valence-electron chi connectivity index (χ1n) is 9.08. The van der Waals surface area contributed by atoms with Crippen LogP contribution in [-0.2, 0) is 0 Å². The highest BCUT2D eigenvalue weighted by Gasteiger charge is 2.22. The Morgan fingerprint density at radius 2 is 1.64 bits per heavy atom. The van der Waals surface area contributed by atoms with Crippen LogP contribution in [0.25, 0.3) is 11.5 Å². The average molecular weight is 373 g/mol. The SMILES string of the molecule is Cc1ccc(N[C@H](c2ccc(F)cc2)c2nnc(-c3ccccc3)o2)c(C)c1. The molecule has 0 bridgehead atoms. The van der Waals surface area contributed by atoms with Crippen molar-refractivity contribution in [3.63, 3.8) is 0 Å². The summed E-state index contributed by atoms with van der Waals surface area (Å²) in [6.07, 6.45) is 0. The van der Waals surface area contributed by atoms with Gasteiger partial charge in [0.05, 0.1) is 0 Å². The van der Waals surface area contributed by atoms with E-state index in [1.807, 2.05) is 49.4 Å². The molecule has 0 aliphatic heterocycles. The Kier molecular flexibility index (Phi) is 4.89. The first kappa shape index (κ1) is 17.9. The van der Waals surface area contributed by atoms with E-state index >= 15 is 0 Å². The van der Waals surface area contributed by atoms with Crippen LogP contribution in [-0.4, -0.2) is 10.2 Å². The first-order chi connectivity index (χ1) is 13.6. The van der Waals surface area contributed by atoms with Crippen molar-refractivity contribution in [1.82, 2.24) is 10.2 Å². The lowest BCUT2D eigenvalue weighted by atomic mass is 10.0. The molecule has 1 heterocycles. The van der Waals surface area contributed by atoms with Crippen molar-refractivity contribution in [2.45, 2.75) is 19.9 Å². The van der Waals surface area contributed by atoms with Crippen molar-refractivity contribution in [2.75, 3.05) is 5.32 Å². The van der Waals surface area contributed by atoms with Crippen molar-refractivity contribution in [3.8, 4) is 11.5 Å². The molecule has 0 saturated heterocycles. The Labute approximate surface area is 163 Å².